The summed E-state index contributed by atoms with van der Waals surface area (Å²) in [6.07, 6.45) is 0. The van der Waals surface area contributed by atoms with Crippen LogP contribution in [0.4, 0.5) is 4.79 Å². The highest BCUT2D eigenvalue weighted by molar-refractivity contribution is 8.14. The molecule has 0 saturated carbocycles. The minimum Gasteiger partial charge on any atom is -0.346 e. The average molecular weight is 316 g/mol. The molecule has 1 rings (SSSR count). The maximum absolute atomic E-state index is 11.7. The van der Waals surface area contributed by atoms with Crippen LogP contribution in [0.2, 0.25) is 0 Å². The Hall–Kier alpha value is -1.94. The van der Waals surface area contributed by atoms with Crippen molar-refractivity contribution < 1.29 is 24.0 Å². The molecule has 21 heavy (non-hydrogen) atoms. The maximum atomic E-state index is 11.7. The summed E-state index contributed by atoms with van der Waals surface area (Å²) >= 11 is 0.885. The van der Waals surface area contributed by atoms with E-state index >= 15 is 0 Å². The molecule has 3 N–H and O–H groups in total. The second-order valence-electron chi connectivity index (χ2n) is 4.12. The van der Waals surface area contributed by atoms with Gasteiger partial charge in [-0.05, 0) is 0 Å². The van der Waals surface area contributed by atoms with Crippen LogP contribution in [0.25, 0.3) is 0 Å². The molecule has 1 aliphatic rings. The van der Waals surface area contributed by atoms with E-state index in [1.165, 1.54) is 0 Å². The minimum atomic E-state index is -1.01. The second-order valence-corrected chi connectivity index (χ2v) is 5.05. The van der Waals surface area contributed by atoms with Gasteiger partial charge in [0, 0.05) is 33.1 Å². The molecule has 0 aromatic carbocycles. The molecule has 0 aromatic heterocycles. The summed E-state index contributed by atoms with van der Waals surface area (Å²) in [6, 6.07) is 0. The fourth-order valence-corrected chi connectivity index (χ4v) is 2.36. The van der Waals surface area contributed by atoms with Crippen molar-refractivity contribution in [3.8, 4) is 0 Å². The Labute approximate surface area is 125 Å². The smallest absolute Gasteiger partial charge is 0.318 e. The third kappa shape index (κ3) is 4.53. The molecule has 0 aromatic rings. The zero-order valence-electron chi connectivity index (χ0n) is 11.5. The van der Waals surface area contributed by atoms with Gasteiger partial charge in [0.1, 0.15) is 0 Å². The Morgan fingerprint density at radius 2 is 2.05 bits per heavy atom. The van der Waals surface area contributed by atoms with Gasteiger partial charge in [-0.25, -0.2) is 0 Å². The molecule has 10 heteroatoms. The van der Waals surface area contributed by atoms with Gasteiger partial charge in [0.25, 0.3) is 5.24 Å². The quantitative estimate of drug-likeness (QED) is 0.568. The summed E-state index contributed by atoms with van der Waals surface area (Å²) < 4.78 is 0. The van der Waals surface area contributed by atoms with Crippen LogP contribution in [0.5, 0.6) is 0 Å². The summed E-state index contributed by atoms with van der Waals surface area (Å²) in [6.45, 7) is 1.07. The number of hydrogen-bond donors (Lipinski definition) is 2. The molecule has 0 aliphatic carbocycles. The summed E-state index contributed by atoms with van der Waals surface area (Å²) in [7, 11) is 0. The van der Waals surface area contributed by atoms with Crippen LogP contribution in [0.3, 0.4) is 0 Å². The number of carbonyl (C=O) groups is 5. The summed E-state index contributed by atoms with van der Waals surface area (Å²) in [5.41, 5.74) is 5.26. The Balaban J connectivity index is 2.45. The predicted molar refractivity (Wildman–Crippen MR) is 74.0 cm³/mol. The summed E-state index contributed by atoms with van der Waals surface area (Å²) in [4.78, 5) is 58.9. The summed E-state index contributed by atoms with van der Waals surface area (Å²) in [5.74, 6) is -2.83. The number of imide groups is 2. The first-order valence-corrected chi connectivity index (χ1v) is 7.14. The Morgan fingerprint density at radius 1 is 1.38 bits per heavy atom. The molecule has 0 unspecified atom stereocenters. The van der Waals surface area contributed by atoms with Crippen LogP contribution in [0.15, 0.2) is 0 Å². The molecular formula is C11H16N4O5S. The van der Waals surface area contributed by atoms with E-state index < -0.39 is 17.7 Å². The van der Waals surface area contributed by atoms with Crippen molar-refractivity contribution in [2.45, 2.75) is 6.92 Å². The van der Waals surface area contributed by atoms with Crippen LogP contribution in [-0.4, -0.2) is 70.6 Å². The highest BCUT2D eigenvalue weighted by Gasteiger charge is 2.30. The molecule has 1 heterocycles. The van der Waals surface area contributed by atoms with E-state index in [9.17, 15) is 24.0 Å². The SMILES string of the molecule is CC(=O)N(CCN)C(=O)C(=O)NCCN1C(=O)CSC1=O. The molecule has 9 nitrogen and oxygen atoms in total. The first-order valence-electron chi connectivity index (χ1n) is 6.16. The fourth-order valence-electron chi connectivity index (χ4n) is 1.61. The van der Waals surface area contributed by atoms with Crippen LogP contribution in [0, 0.1) is 0 Å². The van der Waals surface area contributed by atoms with E-state index in [-0.39, 0.29) is 43.1 Å². The number of hydrogen-bond acceptors (Lipinski definition) is 7. The van der Waals surface area contributed by atoms with E-state index in [1.54, 1.807) is 0 Å². The lowest BCUT2D eigenvalue weighted by Crippen LogP contribution is -2.48. The van der Waals surface area contributed by atoms with Crippen molar-refractivity contribution in [2.75, 3.05) is 31.9 Å². The molecule has 0 atom stereocenters. The Kier molecular flexibility index (Phi) is 6.31. The van der Waals surface area contributed by atoms with Gasteiger partial charge in [-0.15, -0.1) is 0 Å². The largest absolute Gasteiger partial charge is 0.346 e. The molecule has 1 aliphatic heterocycles. The van der Waals surface area contributed by atoms with Gasteiger partial charge in [-0.3, -0.25) is 33.8 Å². The number of nitrogens with zero attached hydrogens (tertiary/aromatic N) is 2. The van der Waals surface area contributed by atoms with E-state index in [0.717, 1.165) is 28.5 Å². The third-order valence-electron chi connectivity index (χ3n) is 2.63. The van der Waals surface area contributed by atoms with Crippen LogP contribution < -0.4 is 11.1 Å². The van der Waals surface area contributed by atoms with Crippen LogP contribution >= 0.6 is 11.8 Å². The van der Waals surface area contributed by atoms with Crippen molar-refractivity contribution in [3.63, 3.8) is 0 Å². The molecule has 116 valence electrons. The highest BCUT2D eigenvalue weighted by Crippen LogP contribution is 2.17. The topological polar surface area (TPSA) is 130 Å². The van der Waals surface area contributed by atoms with E-state index in [4.69, 9.17) is 5.73 Å². The van der Waals surface area contributed by atoms with Gasteiger partial charge in [-0.2, -0.15) is 0 Å². The average Bonchev–Trinajstić information content (AvgIpc) is 2.75. The molecule has 5 amide bonds. The van der Waals surface area contributed by atoms with Gasteiger partial charge in [0.2, 0.25) is 11.8 Å². The first-order chi connectivity index (χ1) is 9.88. The Bertz CT molecular complexity index is 465. The van der Waals surface area contributed by atoms with Crippen molar-refractivity contribution in [1.29, 1.82) is 0 Å². The standard InChI is InChI=1S/C11H16N4O5S/c1-7(16)14(4-2-12)10(19)9(18)13-3-5-15-8(17)6-21-11(15)20/h2-6,12H2,1H3,(H,13,18). The first kappa shape index (κ1) is 17.1. The minimum absolute atomic E-state index is 0.0132. The highest BCUT2D eigenvalue weighted by atomic mass is 32.2. The number of thioether (sulfide) groups is 1. The van der Waals surface area contributed by atoms with Gasteiger partial charge < -0.3 is 11.1 Å². The summed E-state index contributed by atoms with van der Waals surface area (Å²) in [5, 5.41) is 1.89. The molecule has 0 spiro atoms. The van der Waals surface area contributed by atoms with Gasteiger partial charge >= 0.3 is 11.8 Å². The van der Waals surface area contributed by atoms with Gasteiger partial charge in [0.05, 0.1) is 5.75 Å². The molecule has 1 saturated heterocycles. The zero-order valence-corrected chi connectivity index (χ0v) is 12.3. The van der Waals surface area contributed by atoms with Crippen molar-refractivity contribution in [3.05, 3.63) is 0 Å². The Morgan fingerprint density at radius 3 is 2.52 bits per heavy atom. The molecule has 0 bridgehead atoms. The van der Waals surface area contributed by atoms with Crippen LogP contribution in [0.1, 0.15) is 6.92 Å². The lowest BCUT2D eigenvalue weighted by atomic mass is 10.4. The van der Waals surface area contributed by atoms with Crippen molar-refractivity contribution in [2.24, 2.45) is 5.73 Å². The van der Waals surface area contributed by atoms with Crippen LogP contribution in [-0.2, 0) is 19.2 Å². The van der Waals surface area contributed by atoms with Crippen molar-refractivity contribution in [1.82, 2.24) is 15.1 Å². The number of rotatable bonds is 5. The fraction of sp³-hybridized carbons (Fsp3) is 0.545. The van der Waals surface area contributed by atoms with E-state index in [1.807, 2.05) is 0 Å². The lowest BCUT2D eigenvalue weighted by molar-refractivity contribution is -0.151. The number of amides is 5. The van der Waals surface area contributed by atoms with E-state index in [0.29, 0.717) is 0 Å². The normalized spacial score (nSPS) is 14.3. The molecule has 1 fully saturated rings. The second kappa shape index (κ2) is 7.74. The molecule has 0 radical (unpaired) electrons. The number of carbonyl (C=O) groups excluding carboxylic acids is 5. The van der Waals surface area contributed by atoms with Crippen molar-refractivity contribution >= 4 is 40.6 Å². The van der Waals surface area contributed by atoms with Gasteiger partial charge in [-0.1, -0.05) is 11.8 Å². The predicted octanol–water partition coefficient (Wildman–Crippen LogP) is -1.87. The van der Waals surface area contributed by atoms with Gasteiger partial charge in [0.15, 0.2) is 0 Å². The zero-order chi connectivity index (χ0) is 16.0. The number of nitrogens with two attached hydrogens (primary N) is 1. The molecular weight excluding hydrogens is 300 g/mol. The van der Waals surface area contributed by atoms with E-state index in [2.05, 4.69) is 5.32 Å². The lowest BCUT2D eigenvalue weighted by Gasteiger charge is -2.18. The number of nitrogens with one attached hydrogen (secondary N) is 1. The third-order valence-corrected chi connectivity index (χ3v) is 3.49. The monoisotopic (exact) mass is 316 g/mol. The maximum Gasteiger partial charge on any atom is 0.318 e.